The van der Waals surface area contributed by atoms with Crippen molar-refractivity contribution in [2.24, 2.45) is 0 Å². The molecule has 0 radical (unpaired) electrons. The summed E-state index contributed by atoms with van der Waals surface area (Å²) in [7, 11) is 0. The molecule has 0 saturated heterocycles. The number of rotatable bonds is 7. The van der Waals surface area contributed by atoms with E-state index in [0.717, 1.165) is 12.4 Å². The summed E-state index contributed by atoms with van der Waals surface area (Å²) in [6, 6.07) is 7.12. The third-order valence-corrected chi connectivity index (χ3v) is 2.94. The van der Waals surface area contributed by atoms with Gasteiger partial charge in [-0.3, -0.25) is 4.79 Å². The van der Waals surface area contributed by atoms with Crippen molar-refractivity contribution >= 4 is 11.6 Å². The van der Waals surface area contributed by atoms with E-state index in [1.807, 2.05) is 17.6 Å². The Kier molecular flexibility index (Phi) is 5.14. The lowest BCUT2D eigenvalue weighted by atomic mass is 10.3. The summed E-state index contributed by atoms with van der Waals surface area (Å²) in [6.07, 6.45) is 1.92. The summed E-state index contributed by atoms with van der Waals surface area (Å²) in [5.74, 6) is 1.31. The van der Waals surface area contributed by atoms with Gasteiger partial charge in [-0.05, 0) is 19.1 Å². The Morgan fingerprint density at radius 2 is 2.33 bits per heavy atom. The van der Waals surface area contributed by atoms with Gasteiger partial charge in [0.2, 0.25) is 5.91 Å². The first-order valence-electron chi connectivity index (χ1n) is 6.80. The average molecular weight is 289 g/mol. The molecule has 2 rings (SSSR count). The Labute approximate surface area is 123 Å². The monoisotopic (exact) mass is 289 g/mol. The fraction of sp³-hybridized carbons (Fsp3) is 0.357. The number of nitrogens with two attached hydrogens (primary N) is 1. The number of hydrogen-bond acceptors (Lipinski definition) is 5. The van der Waals surface area contributed by atoms with Gasteiger partial charge < -0.3 is 20.4 Å². The molecule has 1 aromatic heterocycles. The number of ether oxygens (including phenoxy) is 1. The molecule has 0 aliphatic rings. The zero-order valence-electron chi connectivity index (χ0n) is 12.0. The second-order valence-electron chi connectivity index (χ2n) is 4.48. The SMILES string of the molecule is CCn1cnnc1CNC(=O)CCOc1cccc(N)c1. The van der Waals surface area contributed by atoms with Gasteiger partial charge in [0.25, 0.3) is 0 Å². The van der Waals surface area contributed by atoms with Gasteiger partial charge in [-0.25, -0.2) is 0 Å². The fourth-order valence-electron chi connectivity index (χ4n) is 1.81. The molecule has 1 amide bonds. The molecule has 7 nitrogen and oxygen atoms in total. The van der Waals surface area contributed by atoms with Gasteiger partial charge in [-0.1, -0.05) is 6.07 Å². The van der Waals surface area contributed by atoms with Gasteiger partial charge in [0.15, 0.2) is 5.82 Å². The number of benzene rings is 1. The predicted molar refractivity (Wildman–Crippen MR) is 78.5 cm³/mol. The van der Waals surface area contributed by atoms with Crippen LogP contribution >= 0.6 is 0 Å². The second-order valence-corrected chi connectivity index (χ2v) is 4.48. The lowest BCUT2D eigenvalue weighted by Crippen LogP contribution is -2.26. The topological polar surface area (TPSA) is 95.1 Å². The molecule has 1 heterocycles. The van der Waals surface area contributed by atoms with Gasteiger partial charge >= 0.3 is 0 Å². The first-order valence-corrected chi connectivity index (χ1v) is 6.80. The number of amides is 1. The Morgan fingerprint density at radius 1 is 1.48 bits per heavy atom. The van der Waals surface area contributed by atoms with E-state index in [1.165, 1.54) is 0 Å². The van der Waals surface area contributed by atoms with Crippen LogP contribution < -0.4 is 15.8 Å². The van der Waals surface area contributed by atoms with E-state index in [2.05, 4.69) is 15.5 Å². The fourth-order valence-corrected chi connectivity index (χ4v) is 1.81. The Morgan fingerprint density at radius 3 is 3.10 bits per heavy atom. The van der Waals surface area contributed by atoms with E-state index in [0.29, 0.717) is 24.6 Å². The number of anilines is 1. The smallest absolute Gasteiger partial charge is 0.223 e. The molecular formula is C14H19N5O2. The zero-order valence-corrected chi connectivity index (χ0v) is 12.0. The first kappa shape index (κ1) is 14.8. The summed E-state index contributed by atoms with van der Waals surface area (Å²) in [5, 5.41) is 10.5. The van der Waals surface area contributed by atoms with Gasteiger partial charge in [0.05, 0.1) is 19.6 Å². The number of carbonyl (C=O) groups is 1. The summed E-state index contributed by atoms with van der Waals surface area (Å²) >= 11 is 0. The van der Waals surface area contributed by atoms with Gasteiger partial charge in [0, 0.05) is 18.3 Å². The van der Waals surface area contributed by atoms with Crippen LogP contribution in [0.2, 0.25) is 0 Å². The number of aryl methyl sites for hydroxylation is 1. The number of hydrogen-bond donors (Lipinski definition) is 2. The first-order chi connectivity index (χ1) is 10.2. The van der Waals surface area contributed by atoms with Crippen molar-refractivity contribution in [3.8, 4) is 5.75 Å². The second kappa shape index (κ2) is 7.28. The van der Waals surface area contributed by atoms with Crippen molar-refractivity contribution in [3.05, 3.63) is 36.4 Å². The van der Waals surface area contributed by atoms with Gasteiger partial charge in [-0.15, -0.1) is 10.2 Å². The van der Waals surface area contributed by atoms with Crippen molar-refractivity contribution in [1.29, 1.82) is 0 Å². The lowest BCUT2D eigenvalue weighted by molar-refractivity contribution is -0.121. The summed E-state index contributed by atoms with van der Waals surface area (Å²) in [4.78, 5) is 11.7. The van der Waals surface area contributed by atoms with Crippen LogP contribution in [-0.2, 0) is 17.9 Å². The van der Waals surface area contributed by atoms with E-state index in [4.69, 9.17) is 10.5 Å². The molecule has 112 valence electrons. The van der Waals surface area contributed by atoms with Crippen molar-refractivity contribution in [2.45, 2.75) is 26.4 Å². The van der Waals surface area contributed by atoms with E-state index >= 15 is 0 Å². The maximum Gasteiger partial charge on any atom is 0.223 e. The van der Waals surface area contributed by atoms with Crippen molar-refractivity contribution in [1.82, 2.24) is 20.1 Å². The van der Waals surface area contributed by atoms with Gasteiger partial charge in [0.1, 0.15) is 12.1 Å². The van der Waals surface area contributed by atoms with Crippen molar-refractivity contribution < 1.29 is 9.53 Å². The van der Waals surface area contributed by atoms with Crippen LogP contribution in [0, 0.1) is 0 Å². The Hall–Kier alpha value is -2.57. The lowest BCUT2D eigenvalue weighted by Gasteiger charge is -2.08. The summed E-state index contributed by atoms with van der Waals surface area (Å²) in [6.45, 7) is 3.44. The van der Waals surface area contributed by atoms with Crippen LogP contribution in [0.3, 0.4) is 0 Å². The molecule has 0 saturated carbocycles. The number of nitrogens with zero attached hydrogens (tertiary/aromatic N) is 3. The van der Waals surface area contributed by atoms with Gasteiger partial charge in [-0.2, -0.15) is 0 Å². The average Bonchev–Trinajstić information content (AvgIpc) is 2.92. The van der Waals surface area contributed by atoms with Crippen LogP contribution in [-0.4, -0.2) is 27.3 Å². The highest BCUT2D eigenvalue weighted by Crippen LogP contribution is 2.14. The van der Waals surface area contributed by atoms with Crippen molar-refractivity contribution in [2.75, 3.05) is 12.3 Å². The van der Waals surface area contributed by atoms with E-state index in [-0.39, 0.29) is 12.3 Å². The molecule has 0 spiro atoms. The largest absolute Gasteiger partial charge is 0.493 e. The molecule has 7 heteroatoms. The molecule has 0 fully saturated rings. The molecule has 0 atom stereocenters. The van der Waals surface area contributed by atoms with Crippen LogP contribution in [0.5, 0.6) is 5.75 Å². The highest BCUT2D eigenvalue weighted by atomic mass is 16.5. The van der Waals surface area contributed by atoms with Crippen molar-refractivity contribution in [3.63, 3.8) is 0 Å². The Balaban J connectivity index is 1.70. The van der Waals surface area contributed by atoms with Crippen LogP contribution in [0.15, 0.2) is 30.6 Å². The molecule has 21 heavy (non-hydrogen) atoms. The quantitative estimate of drug-likeness (QED) is 0.740. The van der Waals surface area contributed by atoms with E-state index in [1.54, 1.807) is 24.5 Å². The Bertz CT molecular complexity index is 597. The highest BCUT2D eigenvalue weighted by Gasteiger charge is 2.06. The maximum atomic E-state index is 11.7. The number of carbonyl (C=O) groups excluding carboxylic acids is 1. The molecule has 0 unspecified atom stereocenters. The normalized spacial score (nSPS) is 10.3. The minimum Gasteiger partial charge on any atom is -0.493 e. The molecule has 0 bridgehead atoms. The standard InChI is InChI=1S/C14H19N5O2/c1-2-19-10-17-18-13(19)9-16-14(20)6-7-21-12-5-3-4-11(15)8-12/h3-5,8,10H,2,6-7,9,15H2,1H3,(H,16,20). The van der Waals surface area contributed by atoms with E-state index in [9.17, 15) is 4.79 Å². The molecule has 0 aliphatic heterocycles. The predicted octanol–water partition coefficient (Wildman–Crippen LogP) is 0.965. The molecule has 0 aliphatic carbocycles. The molecule has 1 aromatic carbocycles. The van der Waals surface area contributed by atoms with Crippen LogP contribution in [0.1, 0.15) is 19.2 Å². The minimum absolute atomic E-state index is 0.0930. The molecule has 3 N–H and O–H groups in total. The zero-order chi connectivity index (χ0) is 15.1. The summed E-state index contributed by atoms with van der Waals surface area (Å²) in [5.41, 5.74) is 6.28. The third-order valence-electron chi connectivity index (χ3n) is 2.94. The maximum absolute atomic E-state index is 11.7. The van der Waals surface area contributed by atoms with E-state index < -0.39 is 0 Å². The molecular weight excluding hydrogens is 270 g/mol. The summed E-state index contributed by atoms with van der Waals surface area (Å²) < 4.78 is 7.34. The highest BCUT2D eigenvalue weighted by molar-refractivity contribution is 5.75. The molecule has 2 aromatic rings. The third kappa shape index (κ3) is 4.48. The number of nitrogens with one attached hydrogen (secondary N) is 1. The number of aromatic nitrogens is 3. The van der Waals surface area contributed by atoms with Crippen LogP contribution in [0.25, 0.3) is 0 Å². The van der Waals surface area contributed by atoms with Crippen LogP contribution in [0.4, 0.5) is 5.69 Å². The number of nitrogen functional groups attached to an aromatic ring is 1. The minimum atomic E-state index is -0.0930.